The minimum absolute atomic E-state index is 0.104. The molecule has 1 aliphatic carbocycles. The molecule has 0 aliphatic heterocycles. The van der Waals surface area contributed by atoms with Crippen LogP contribution in [-0.4, -0.2) is 31.5 Å². The largest absolute Gasteiger partial charge is 0.488 e. The van der Waals surface area contributed by atoms with Crippen LogP contribution in [0.25, 0.3) is 0 Å². The predicted molar refractivity (Wildman–Crippen MR) is 335 cm³/mol. The summed E-state index contributed by atoms with van der Waals surface area (Å²) >= 11 is 0. The van der Waals surface area contributed by atoms with E-state index in [0.717, 1.165) is 58.7 Å². The lowest BCUT2D eigenvalue weighted by atomic mass is 9.90. The molecule has 2 N–H and O–H groups in total. The van der Waals surface area contributed by atoms with Crippen molar-refractivity contribution in [2.45, 2.75) is 52.1 Å². The molecule has 2 amide bonds. The number of amides is 2. The fourth-order valence-electron chi connectivity index (χ4n) is 10.8. The van der Waals surface area contributed by atoms with Crippen LogP contribution in [0.15, 0.2) is 218 Å². The first-order valence-corrected chi connectivity index (χ1v) is 28.4. The maximum Gasteiger partial charge on any atom is 0.277 e. The maximum atomic E-state index is 14.4. The van der Waals surface area contributed by atoms with Gasteiger partial charge in [0.05, 0.1) is 43.0 Å². The zero-order valence-corrected chi connectivity index (χ0v) is 47.9. The number of nitro groups is 4. The van der Waals surface area contributed by atoms with E-state index in [9.17, 15) is 50.0 Å². The number of fused-ring (bicyclic) bond motifs is 8. The monoisotopic (exact) mass is 1200 g/mol. The second-order valence-corrected chi connectivity index (χ2v) is 21.3. The SMILES string of the molecule is O=C(Nc1cc2c(OCc3ccccc3)c(c1)Cc1cccc(c1OCc1ccccc1)Cc1cc(NC(=O)c3cc([N+](=O)[O-])cc([N+](=O)[O-])c3)cc(c1OCc1ccccc1)Cc1cccc(c1OCc1ccccc1)C2)c1cc([N+](=O)[O-])cc([N+](=O)[O-])c1. The smallest absolute Gasteiger partial charge is 0.277 e. The Balaban J connectivity index is 1.14. The number of nitrogens with one attached hydrogen (secondary N) is 2. The Kier molecular flexibility index (Phi) is 18.0. The summed E-state index contributed by atoms with van der Waals surface area (Å²) in [4.78, 5) is 73.7. The molecule has 10 aromatic carbocycles. The fraction of sp³-hybridized carbons (Fsp3) is 0.114. The van der Waals surface area contributed by atoms with Crippen molar-refractivity contribution in [1.82, 2.24) is 0 Å². The number of para-hydroxylation sites is 2. The maximum absolute atomic E-state index is 14.4. The number of carbonyl (C=O) groups is 2. The average molecular weight is 1200 g/mol. The fourth-order valence-corrected chi connectivity index (χ4v) is 10.8. The molecule has 1 aliphatic rings. The Morgan fingerprint density at radius 2 is 0.544 bits per heavy atom. The van der Waals surface area contributed by atoms with Crippen molar-refractivity contribution in [2.24, 2.45) is 0 Å². The highest BCUT2D eigenvalue weighted by molar-refractivity contribution is 6.06. The van der Waals surface area contributed by atoms with Crippen molar-refractivity contribution in [3.05, 3.63) is 337 Å². The Bertz CT molecular complexity index is 3950. The van der Waals surface area contributed by atoms with Gasteiger partial charge in [-0.25, -0.2) is 0 Å². The second-order valence-electron chi connectivity index (χ2n) is 21.3. The van der Waals surface area contributed by atoms with Gasteiger partial charge in [-0.15, -0.1) is 0 Å². The number of rotatable bonds is 20. The van der Waals surface area contributed by atoms with Crippen LogP contribution in [0.3, 0.4) is 0 Å². The van der Waals surface area contributed by atoms with Crippen molar-refractivity contribution >= 4 is 45.9 Å². The number of anilines is 2. The van der Waals surface area contributed by atoms with Crippen LogP contribution < -0.4 is 29.6 Å². The van der Waals surface area contributed by atoms with Crippen LogP contribution in [-0.2, 0) is 52.1 Å². The summed E-state index contributed by atoms with van der Waals surface area (Å²) in [5.74, 6) is 0.163. The highest BCUT2D eigenvalue weighted by atomic mass is 16.6. The number of hydrogen-bond acceptors (Lipinski definition) is 14. The van der Waals surface area contributed by atoms with Gasteiger partial charge in [-0.2, -0.15) is 0 Å². The third-order valence-electron chi connectivity index (χ3n) is 15.0. The number of benzene rings is 10. The molecule has 0 atom stereocenters. The quantitative estimate of drug-likeness (QED) is 0.0531. The van der Waals surface area contributed by atoms with Gasteiger partial charge in [0.15, 0.2) is 0 Å². The lowest BCUT2D eigenvalue weighted by Crippen LogP contribution is -2.15. The highest BCUT2D eigenvalue weighted by Gasteiger charge is 2.27. The molecular formula is C70H54N6O14. The third kappa shape index (κ3) is 14.4. The second kappa shape index (κ2) is 27.1. The average Bonchev–Trinajstić information content (AvgIpc) is 1.92. The standard InChI is InChI=1S/C70H54N6O14/c77-69(57-35-61(73(79)80)39-62(36-57)74(81)82)71-59-31-53-27-49-23-13-24-50(65(49)87-41-45-15-5-1-6-16-45)28-54-32-60(72-70(78)58-37-63(75(83)84)40-64(38-58)76(85)86)34-56(68(54)90-44-48-21-11-4-12-22-48)30-52-26-14-25-51(66(52)88-42-46-17-7-2-8-18-46)29-55(33-59)67(53)89-43-47-19-9-3-10-20-47/h1-26,31-40H,27-30,41-44H2,(H,71,77)(H,72,78). The molecule has 0 radical (unpaired) electrons. The third-order valence-corrected chi connectivity index (χ3v) is 15.0. The van der Waals surface area contributed by atoms with E-state index >= 15 is 0 Å². The zero-order chi connectivity index (χ0) is 62.7. The number of nitro benzene ring substituents is 4. The molecular weight excluding hydrogens is 1150 g/mol. The van der Waals surface area contributed by atoms with E-state index in [4.69, 9.17) is 18.9 Å². The molecule has 0 fully saturated rings. The zero-order valence-electron chi connectivity index (χ0n) is 47.9. The van der Waals surface area contributed by atoms with Gasteiger partial charge in [0.1, 0.15) is 49.4 Å². The molecule has 0 saturated heterocycles. The summed E-state index contributed by atoms with van der Waals surface area (Å²) in [5, 5.41) is 53.9. The van der Waals surface area contributed by atoms with E-state index < -0.39 is 54.3 Å². The van der Waals surface area contributed by atoms with Crippen LogP contribution in [0, 0.1) is 40.5 Å². The van der Waals surface area contributed by atoms with E-state index in [0.29, 0.717) is 67.5 Å². The van der Waals surface area contributed by atoms with Gasteiger partial charge in [-0.3, -0.25) is 50.0 Å². The van der Waals surface area contributed by atoms with Crippen molar-refractivity contribution in [1.29, 1.82) is 0 Å². The van der Waals surface area contributed by atoms with Gasteiger partial charge in [0.2, 0.25) is 0 Å². The van der Waals surface area contributed by atoms with E-state index in [1.165, 1.54) is 0 Å². The van der Waals surface area contributed by atoms with Gasteiger partial charge < -0.3 is 29.6 Å². The van der Waals surface area contributed by atoms with Gasteiger partial charge in [-0.1, -0.05) is 158 Å². The number of ether oxygens (including phenoxy) is 4. The van der Waals surface area contributed by atoms with E-state index in [-0.39, 0.29) is 74.6 Å². The van der Waals surface area contributed by atoms with Gasteiger partial charge >= 0.3 is 0 Å². The first kappa shape index (κ1) is 59.7. The molecule has 20 nitrogen and oxygen atoms in total. The van der Waals surface area contributed by atoms with Crippen LogP contribution in [0.5, 0.6) is 23.0 Å². The Morgan fingerprint density at radius 1 is 0.311 bits per heavy atom. The van der Waals surface area contributed by atoms with Crippen molar-refractivity contribution in [2.75, 3.05) is 10.6 Å². The minimum Gasteiger partial charge on any atom is -0.488 e. The Labute approximate surface area is 514 Å². The molecule has 20 heteroatoms. The summed E-state index contributed by atoms with van der Waals surface area (Å²) in [6, 6.07) is 62.1. The van der Waals surface area contributed by atoms with E-state index in [1.54, 1.807) is 24.3 Å². The normalized spacial score (nSPS) is 11.6. The topological polar surface area (TPSA) is 268 Å². The molecule has 0 spiro atoms. The van der Waals surface area contributed by atoms with Crippen LogP contribution in [0.1, 0.15) is 87.5 Å². The van der Waals surface area contributed by atoms with Crippen molar-refractivity contribution in [3.63, 3.8) is 0 Å². The molecule has 10 aromatic rings. The molecule has 0 aromatic heterocycles. The van der Waals surface area contributed by atoms with Crippen LogP contribution in [0.2, 0.25) is 0 Å². The van der Waals surface area contributed by atoms with Gasteiger partial charge in [0, 0.05) is 83.6 Å². The van der Waals surface area contributed by atoms with Crippen LogP contribution >= 0.6 is 0 Å². The molecule has 0 saturated carbocycles. The summed E-state index contributed by atoms with van der Waals surface area (Å²) in [6.07, 6.45) is 0.415. The Hall–Kier alpha value is -12.1. The van der Waals surface area contributed by atoms with Gasteiger partial charge in [-0.05, 0) is 68.8 Å². The number of carbonyl (C=O) groups excluding carboxylic acids is 2. The first-order valence-electron chi connectivity index (χ1n) is 28.4. The Morgan fingerprint density at radius 3 is 0.778 bits per heavy atom. The minimum atomic E-state index is -0.852. The number of non-ortho nitro benzene ring substituents is 4. The molecule has 448 valence electrons. The summed E-state index contributed by atoms with van der Waals surface area (Å²) in [6.45, 7) is 0.479. The lowest BCUT2D eigenvalue weighted by Gasteiger charge is -2.24. The van der Waals surface area contributed by atoms with E-state index in [1.807, 2.05) is 158 Å². The number of hydrogen-bond donors (Lipinski definition) is 2. The van der Waals surface area contributed by atoms with Crippen molar-refractivity contribution in [3.8, 4) is 23.0 Å². The van der Waals surface area contributed by atoms with Crippen LogP contribution in [0.4, 0.5) is 34.1 Å². The molecule has 90 heavy (non-hydrogen) atoms. The summed E-state index contributed by atoms with van der Waals surface area (Å²) in [7, 11) is 0. The molecule has 0 unspecified atom stereocenters. The number of nitrogens with zero attached hydrogens (tertiary/aromatic N) is 4. The van der Waals surface area contributed by atoms with Gasteiger partial charge in [0.25, 0.3) is 34.6 Å². The predicted octanol–water partition coefficient (Wildman–Crippen LogP) is 14.8. The molecule has 8 bridgehead atoms. The molecule has 0 heterocycles. The van der Waals surface area contributed by atoms with E-state index in [2.05, 4.69) is 10.6 Å². The summed E-state index contributed by atoms with van der Waals surface area (Å²) < 4.78 is 27.9. The highest BCUT2D eigenvalue weighted by Crippen LogP contribution is 2.42. The lowest BCUT2D eigenvalue weighted by molar-refractivity contribution is -0.394. The first-order chi connectivity index (χ1) is 43.7. The summed E-state index contributed by atoms with van der Waals surface area (Å²) in [5.41, 5.74) is 5.64. The van der Waals surface area contributed by atoms with Crippen molar-refractivity contribution < 1.29 is 48.2 Å². The molecule has 11 rings (SSSR count).